The molecule has 20 heavy (non-hydrogen) atoms. The Bertz CT molecular complexity index is 301. The van der Waals surface area contributed by atoms with E-state index in [0.717, 1.165) is 31.8 Å². The Morgan fingerprint density at radius 3 is 2.55 bits per heavy atom. The molecule has 4 heteroatoms. The summed E-state index contributed by atoms with van der Waals surface area (Å²) >= 11 is 0. The second-order valence-corrected chi connectivity index (χ2v) is 6.35. The quantitative estimate of drug-likeness (QED) is 0.808. The lowest BCUT2D eigenvalue weighted by Gasteiger charge is -2.35. The minimum Gasteiger partial charge on any atom is -0.450 e. The fourth-order valence-electron chi connectivity index (χ4n) is 3.49. The maximum atomic E-state index is 11.7. The molecule has 1 saturated heterocycles. The largest absolute Gasteiger partial charge is 0.450 e. The van der Waals surface area contributed by atoms with E-state index in [0.29, 0.717) is 18.7 Å². The average Bonchev–Trinajstić information content (AvgIpc) is 2.65. The summed E-state index contributed by atoms with van der Waals surface area (Å²) in [6.07, 6.45) is 8.80. The topological polar surface area (TPSA) is 41.6 Å². The Hall–Kier alpha value is -0.770. The van der Waals surface area contributed by atoms with Crippen molar-refractivity contribution in [2.24, 2.45) is 5.92 Å². The Morgan fingerprint density at radius 1 is 1.15 bits per heavy atom. The van der Waals surface area contributed by atoms with Crippen molar-refractivity contribution in [2.45, 2.75) is 70.9 Å². The van der Waals surface area contributed by atoms with E-state index in [2.05, 4.69) is 12.2 Å². The molecule has 2 fully saturated rings. The average molecular weight is 282 g/mol. The van der Waals surface area contributed by atoms with Crippen LogP contribution in [0.25, 0.3) is 0 Å². The Kier molecular flexibility index (Phi) is 6.14. The van der Waals surface area contributed by atoms with Gasteiger partial charge >= 0.3 is 6.09 Å². The lowest BCUT2D eigenvalue weighted by molar-refractivity contribution is 0.0932. The van der Waals surface area contributed by atoms with Crippen molar-refractivity contribution in [3.05, 3.63) is 0 Å². The third-order valence-corrected chi connectivity index (χ3v) is 4.83. The minimum absolute atomic E-state index is 0.145. The number of hydrogen-bond donors (Lipinski definition) is 1. The highest BCUT2D eigenvalue weighted by atomic mass is 16.6. The van der Waals surface area contributed by atoms with E-state index in [1.54, 1.807) is 0 Å². The van der Waals surface area contributed by atoms with Crippen LogP contribution in [-0.4, -0.2) is 42.8 Å². The predicted molar refractivity (Wildman–Crippen MR) is 80.8 cm³/mol. The van der Waals surface area contributed by atoms with Crippen LogP contribution >= 0.6 is 0 Å². The molecule has 1 amide bonds. The van der Waals surface area contributed by atoms with Crippen LogP contribution in [0.3, 0.4) is 0 Å². The molecule has 1 aliphatic carbocycles. The van der Waals surface area contributed by atoms with Crippen LogP contribution in [0.4, 0.5) is 4.79 Å². The van der Waals surface area contributed by atoms with Crippen molar-refractivity contribution in [3.63, 3.8) is 0 Å². The van der Waals surface area contributed by atoms with Crippen LogP contribution in [0.2, 0.25) is 0 Å². The fraction of sp³-hybridized carbons (Fsp3) is 0.938. The molecule has 1 heterocycles. The van der Waals surface area contributed by atoms with Gasteiger partial charge in [0.15, 0.2) is 0 Å². The molecule has 2 unspecified atom stereocenters. The summed E-state index contributed by atoms with van der Waals surface area (Å²) in [6, 6.07) is 1.25. The summed E-state index contributed by atoms with van der Waals surface area (Å²) in [7, 11) is 0. The minimum atomic E-state index is -0.145. The summed E-state index contributed by atoms with van der Waals surface area (Å²) in [5.74, 6) is 0.792. The Labute approximate surface area is 123 Å². The van der Waals surface area contributed by atoms with Gasteiger partial charge in [-0.25, -0.2) is 4.79 Å². The van der Waals surface area contributed by atoms with E-state index < -0.39 is 0 Å². The molecule has 0 radical (unpaired) electrons. The highest BCUT2D eigenvalue weighted by Crippen LogP contribution is 2.24. The Balaban J connectivity index is 1.74. The van der Waals surface area contributed by atoms with Crippen molar-refractivity contribution in [3.8, 4) is 0 Å². The summed E-state index contributed by atoms with van der Waals surface area (Å²) in [5, 5.41) is 3.86. The van der Waals surface area contributed by atoms with Gasteiger partial charge < -0.3 is 15.0 Å². The zero-order valence-corrected chi connectivity index (χ0v) is 13.1. The number of hydrogen-bond acceptors (Lipinski definition) is 3. The highest BCUT2D eigenvalue weighted by molar-refractivity contribution is 5.67. The van der Waals surface area contributed by atoms with E-state index in [1.165, 1.54) is 32.1 Å². The molecule has 0 aromatic heterocycles. The van der Waals surface area contributed by atoms with Crippen molar-refractivity contribution < 1.29 is 9.53 Å². The first-order valence-corrected chi connectivity index (χ1v) is 8.38. The first kappa shape index (κ1) is 15.6. The van der Waals surface area contributed by atoms with Crippen LogP contribution in [0.5, 0.6) is 0 Å². The third kappa shape index (κ3) is 4.37. The van der Waals surface area contributed by atoms with Gasteiger partial charge in [-0.05, 0) is 38.5 Å². The van der Waals surface area contributed by atoms with Gasteiger partial charge in [0.2, 0.25) is 0 Å². The van der Waals surface area contributed by atoms with E-state index in [-0.39, 0.29) is 6.09 Å². The van der Waals surface area contributed by atoms with Crippen LogP contribution in [-0.2, 0) is 4.74 Å². The molecule has 0 spiro atoms. The van der Waals surface area contributed by atoms with Gasteiger partial charge in [0, 0.05) is 25.2 Å². The first-order chi connectivity index (χ1) is 9.70. The smallest absolute Gasteiger partial charge is 0.409 e. The third-order valence-electron chi connectivity index (χ3n) is 4.83. The fourth-order valence-corrected chi connectivity index (χ4v) is 3.49. The number of ether oxygens (including phenoxy) is 1. The van der Waals surface area contributed by atoms with Crippen molar-refractivity contribution in [1.29, 1.82) is 0 Å². The SMILES string of the molecule is CCOC(=O)N1CCC(NC2CCCCCC2C)CC1. The van der Waals surface area contributed by atoms with Crippen LogP contribution in [0.15, 0.2) is 0 Å². The van der Waals surface area contributed by atoms with Crippen molar-refractivity contribution in [1.82, 2.24) is 10.2 Å². The van der Waals surface area contributed by atoms with Crippen molar-refractivity contribution in [2.75, 3.05) is 19.7 Å². The van der Waals surface area contributed by atoms with Gasteiger partial charge in [0.1, 0.15) is 0 Å². The standard InChI is InChI=1S/C16H30N2O2/c1-3-20-16(19)18-11-9-14(10-12-18)17-15-8-6-4-5-7-13(15)2/h13-15,17H,3-12H2,1-2H3. The maximum absolute atomic E-state index is 11.7. The van der Waals surface area contributed by atoms with Crippen LogP contribution < -0.4 is 5.32 Å². The molecule has 0 aromatic rings. The van der Waals surface area contributed by atoms with E-state index in [4.69, 9.17) is 4.74 Å². The highest BCUT2D eigenvalue weighted by Gasteiger charge is 2.27. The normalized spacial score (nSPS) is 29.0. The zero-order valence-electron chi connectivity index (χ0n) is 13.1. The van der Waals surface area contributed by atoms with Gasteiger partial charge in [-0.1, -0.05) is 26.2 Å². The molecule has 2 rings (SSSR count). The van der Waals surface area contributed by atoms with E-state index in [9.17, 15) is 4.79 Å². The predicted octanol–water partition coefficient (Wildman–Crippen LogP) is 3.17. The number of amides is 1. The second kappa shape index (κ2) is 7.87. The lowest BCUT2D eigenvalue weighted by Crippen LogP contribution is -2.49. The van der Waals surface area contributed by atoms with E-state index >= 15 is 0 Å². The van der Waals surface area contributed by atoms with Gasteiger partial charge in [0.25, 0.3) is 0 Å². The number of rotatable bonds is 3. The first-order valence-electron chi connectivity index (χ1n) is 8.38. The number of carbonyl (C=O) groups excluding carboxylic acids is 1. The number of piperidine rings is 1. The molecule has 0 bridgehead atoms. The molecule has 4 nitrogen and oxygen atoms in total. The van der Waals surface area contributed by atoms with Gasteiger partial charge in [0.05, 0.1) is 6.61 Å². The monoisotopic (exact) mass is 282 g/mol. The summed E-state index contributed by atoms with van der Waals surface area (Å²) < 4.78 is 5.07. The number of carbonyl (C=O) groups is 1. The van der Waals surface area contributed by atoms with Crippen LogP contribution in [0.1, 0.15) is 58.8 Å². The van der Waals surface area contributed by atoms with Crippen LogP contribution in [0, 0.1) is 5.92 Å². The molecule has 1 saturated carbocycles. The lowest BCUT2D eigenvalue weighted by atomic mass is 9.94. The zero-order chi connectivity index (χ0) is 14.4. The molecule has 2 atom stereocenters. The molecule has 2 aliphatic rings. The summed E-state index contributed by atoms with van der Waals surface area (Å²) in [5.41, 5.74) is 0. The molecule has 116 valence electrons. The molecular formula is C16H30N2O2. The Morgan fingerprint density at radius 2 is 1.85 bits per heavy atom. The summed E-state index contributed by atoms with van der Waals surface area (Å²) in [6.45, 7) is 6.38. The molecule has 1 aliphatic heterocycles. The van der Waals surface area contributed by atoms with Gasteiger partial charge in [-0.15, -0.1) is 0 Å². The summed E-state index contributed by atoms with van der Waals surface area (Å²) in [4.78, 5) is 13.5. The molecule has 1 N–H and O–H groups in total. The molecular weight excluding hydrogens is 252 g/mol. The maximum Gasteiger partial charge on any atom is 0.409 e. The number of likely N-dealkylation sites (tertiary alicyclic amines) is 1. The number of nitrogens with one attached hydrogen (secondary N) is 1. The van der Waals surface area contributed by atoms with Gasteiger partial charge in [-0.2, -0.15) is 0 Å². The van der Waals surface area contributed by atoms with E-state index in [1.807, 2.05) is 11.8 Å². The van der Waals surface area contributed by atoms with Crippen molar-refractivity contribution >= 4 is 6.09 Å². The number of nitrogens with zero attached hydrogens (tertiary/aromatic N) is 1. The van der Waals surface area contributed by atoms with Gasteiger partial charge in [-0.3, -0.25) is 0 Å². The molecule has 0 aromatic carbocycles. The second-order valence-electron chi connectivity index (χ2n) is 6.35.